The maximum Gasteiger partial charge on any atom is 0.323 e. The molecule has 1 aromatic heterocycles. The van der Waals surface area contributed by atoms with Gasteiger partial charge in [-0.3, -0.25) is 14.5 Å². The fraction of sp³-hybridized carbons (Fsp3) is 0.356. The van der Waals surface area contributed by atoms with E-state index < -0.39 is 16.1 Å². The van der Waals surface area contributed by atoms with Crippen molar-refractivity contribution in [2.75, 3.05) is 76.0 Å². The topological polar surface area (TPSA) is 173 Å². The van der Waals surface area contributed by atoms with Crippen molar-refractivity contribution in [3.05, 3.63) is 107 Å². The molecule has 0 aliphatic carbocycles. The van der Waals surface area contributed by atoms with Crippen molar-refractivity contribution in [3.8, 4) is 23.0 Å². The van der Waals surface area contributed by atoms with Crippen LogP contribution in [0.4, 0.5) is 21.9 Å². The van der Waals surface area contributed by atoms with Crippen molar-refractivity contribution in [2.45, 2.75) is 45.4 Å². The highest BCUT2D eigenvalue weighted by Gasteiger charge is 2.23. The zero-order valence-corrected chi connectivity index (χ0v) is 36.0. The Kier molecular flexibility index (Phi) is 15.9. The largest absolute Gasteiger partial charge is 0.496 e. The predicted molar refractivity (Wildman–Crippen MR) is 234 cm³/mol. The van der Waals surface area contributed by atoms with Crippen LogP contribution >= 0.6 is 0 Å². The van der Waals surface area contributed by atoms with Crippen molar-refractivity contribution in [1.82, 2.24) is 4.98 Å². The van der Waals surface area contributed by atoms with E-state index in [0.717, 1.165) is 33.8 Å². The number of carbonyl (C=O) groups excluding carboxylic acids is 2. The van der Waals surface area contributed by atoms with E-state index in [9.17, 15) is 18.0 Å². The summed E-state index contributed by atoms with van der Waals surface area (Å²) in [7, 11) is 0.936. The molecule has 15 heteroatoms. The van der Waals surface area contributed by atoms with Gasteiger partial charge in [-0.15, -0.1) is 0 Å². The first-order valence-electron chi connectivity index (χ1n) is 19.5. The Morgan fingerprint density at radius 1 is 0.733 bits per heavy atom. The lowest BCUT2D eigenvalue weighted by Crippen LogP contribution is -2.22. The number of amides is 2. The van der Waals surface area contributed by atoms with E-state index in [-0.39, 0.29) is 22.6 Å². The minimum atomic E-state index is -3.64. The number of ketones is 1. The number of nitrogens with zero attached hydrogens (tertiary/aromatic N) is 1. The Morgan fingerprint density at radius 2 is 1.43 bits per heavy atom. The molecule has 0 spiro atoms. The van der Waals surface area contributed by atoms with Gasteiger partial charge in [0.2, 0.25) is 10.0 Å². The SMILES string of the molecule is COCCOCCOCCCC(=O)c1ccc(Cc2cc(Oc3ccc(NC(=O)Nc4cc(C(C)(C)C)cc(NS(C)(=O)=O)c4OC)c4ccccc34)ccn2)cc1OC. The van der Waals surface area contributed by atoms with Gasteiger partial charge in [-0.2, -0.15) is 0 Å². The number of anilines is 3. The number of sulfonamides is 1. The van der Waals surface area contributed by atoms with Crippen LogP contribution in [0.2, 0.25) is 0 Å². The van der Waals surface area contributed by atoms with Crippen molar-refractivity contribution < 1.29 is 46.4 Å². The third-order valence-electron chi connectivity index (χ3n) is 9.30. The van der Waals surface area contributed by atoms with Gasteiger partial charge >= 0.3 is 6.03 Å². The molecule has 0 bridgehead atoms. The molecule has 4 aromatic carbocycles. The van der Waals surface area contributed by atoms with Crippen LogP contribution in [0.1, 0.15) is 60.8 Å². The highest BCUT2D eigenvalue weighted by molar-refractivity contribution is 7.92. The number of hydrogen-bond acceptors (Lipinski definition) is 11. The van der Waals surface area contributed by atoms with E-state index >= 15 is 0 Å². The number of benzene rings is 4. The maximum atomic E-state index is 13.5. The summed E-state index contributed by atoms with van der Waals surface area (Å²) in [5, 5.41) is 7.26. The zero-order chi connectivity index (χ0) is 43.3. The van der Waals surface area contributed by atoms with Crippen molar-refractivity contribution in [1.29, 1.82) is 0 Å². The van der Waals surface area contributed by atoms with Crippen LogP contribution in [0.3, 0.4) is 0 Å². The summed E-state index contributed by atoms with van der Waals surface area (Å²) in [5.41, 5.74) is 3.62. The zero-order valence-electron chi connectivity index (χ0n) is 35.2. The predicted octanol–water partition coefficient (Wildman–Crippen LogP) is 8.59. The summed E-state index contributed by atoms with van der Waals surface area (Å²) in [6.45, 7) is 8.40. The molecular weight excluding hydrogens is 789 g/mol. The first-order valence-corrected chi connectivity index (χ1v) is 21.4. The molecule has 14 nitrogen and oxygen atoms in total. The lowest BCUT2D eigenvalue weighted by Gasteiger charge is -2.24. The molecule has 1 heterocycles. The number of Topliss-reactive ketones (excluding diaryl/α,β-unsaturated/α-hetero) is 1. The number of pyridine rings is 1. The molecule has 0 aliphatic heterocycles. The number of methoxy groups -OCH3 is 3. The smallest absolute Gasteiger partial charge is 0.323 e. The van der Waals surface area contributed by atoms with E-state index in [4.69, 9.17) is 28.4 Å². The summed E-state index contributed by atoms with van der Waals surface area (Å²) >= 11 is 0. The second-order valence-electron chi connectivity index (χ2n) is 15.0. The number of nitrogens with one attached hydrogen (secondary N) is 3. The summed E-state index contributed by atoms with van der Waals surface area (Å²) < 4.78 is 60.3. The number of hydrogen-bond donors (Lipinski definition) is 3. The summed E-state index contributed by atoms with van der Waals surface area (Å²) in [4.78, 5) is 31.1. The van der Waals surface area contributed by atoms with Crippen molar-refractivity contribution in [2.24, 2.45) is 0 Å². The van der Waals surface area contributed by atoms with Gasteiger partial charge in [0.05, 0.1) is 69.5 Å². The molecule has 0 saturated carbocycles. The average molecular weight is 843 g/mol. The fourth-order valence-electron chi connectivity index (χ4n) is 6.36. The Balaban J connectivity index is 1.25. The highest BCUT2D eigenvalue weighted by Crippen LogP contribution is 2.40. The monoisotopic (exact) mass is 842 g/mol. The third kappa shape index (κ3) is 12.9. The molecule has 0 atom stereocenters. The van der Waals surface area contributed by atoms with Crippen LogP contribution in [0.25, 0.3) is 10.8 Å². The molecule has 60 heavy (non-hydrogen) atoms. The molecular formula is C45H54N4O10S. The Bertz CT molecular complexity index is 2380. The minimum Gasteiger partial charge on any atom is -0.496 e. The van der Waals surface area contributed by atoms with Gasteiger partial charge < -0.3 is 39.1 Å². The van der Waals surface area contributed by atoms with E-state index in [0.29, 0.717) is 86.5 Å². The van der Waals surface area contributed by atoms with Crippen LogP contribution in [-0.4, -0.2) is 85.8 Å². The second kappa shape index (κ2) is 21.0. The average Bonchev–Trinajstić information content (AvgIpc) is 3.20. The van der Waals surface area contributed by atoms with Gasteiger partial charge in [-0.25, -0.2) is 13.2 Å². The van der Waals surface area contributed by atoms with Gasteiger partial charge in [0.1, 0.15) is 17.2 Å². The van der Waals surface area contributed by atoms with Crippen LogP contribution < -0.4 is 29.6 Å². The van der Waals surface area contributed by atoms with Gasteiger partial charge in [-0.1, -0.05) is 51.1 Å². The Hall–Kier alpha value is -5.74. The first-order chi connectivity index (χ1) is 28.7. The molecule has 0 radical (unpaired) electrons. The van der Waals surface area contributed by atoms with E-state index in [1.54, 1.807) is 56.8 Å². The number of ether oxygens (including phenoxy) is 6. The molecule has 2 amide bonds. The standard InChI is InChI=1S/C45H54N4O10S/c1-45(2,3)31-27-38(43(56-6)39(28-31)49-60(7,52)53)48-44(51)47-37-16-17-41(35-12-9-8-11-34(35)37)59-33-18-19-46-32(29-33)25-30-14-15-36(42(26-30)55-5)40(50)13-10-20-57-23-24-58-22-21-54-4/h8-9,11-12,14-19,26-29,49H,10,13,20-25H2,1-7H3,(H2,47,48,51). The molecule has 0 aliphatic rings. The fourth-order valence-corrected chi connectivity index (χ4v) is 6.91. The van der Waals surface area contributed by atoms with Gasteiger partial charge in [0.25, 0.3) is 0 Å². The number of aromatic nitrogens is 1. The molecule has 0 unspecified atom stereocenters. The van der Waals surface area contributed by atoms with Gasteiger partial charge in [0, 0.05) is 55.3 Å². The van der Waals surface area contributed by atoms with E-state index in [2.05, 4.69) is 20.3 Å². The van der Waals surface area contributed by atoms with E-state index in [1.165, 1.54) is 7.11 Å². The highest BCUT2D eigenvalue weighted by atomic mass is 32.2. The molecule has 0 fully saturated rings. The quantitative estimate of drug-likeness (QED) is 0.0477. The van der Waals surface area contributed by atoms with E-state index in [1.807, 2.05) is 63.2 Å². The first kappa shape index (κ1) is 45.3. The molecule has 5 aromatic rings. The lowest BCUT2D eigenvalue weighted by atomic mass is 9.86. The van der Waals surface area contributed by atoms with Crippen LogP contribution in [0.5, 0.6) is 23.0 Å². The van der Waals surface area contributed by atoms with Crippen LogP contribution in [-0.2, 0) is 36.1 Å². The lowest BCUT2D eigenvalue weighted by molar-refractivity contribution is 0.0240. The third-order valence-corrected chi connectivity index (χ3v) is 9.89. The number of carbonyl (C=O) groups is 2. The van der Waals surface area contributed by atoms with Gasteiger partial charge in [0.15, 0.2) is 11.5 Å². The Morgan fingerprint density at radius 3 is 2.13 bits per heavy atom. The summed E-state index contributed by atoms with van der Waals surface area (Å²) in [6, 6.07) is 23.1. The molecule has 5 rings (SSSR count). The maximum absolute atomic E-state index is 13.5. The Labute approximate surface area is 351 Å². The number of fused-ring (bicyclic) bond motifs is 1. The van der Waals surface area contributed by atoms with Gasteiger partial charge in [-0.05, 0) is 65.4 Å². The van der Waals surface area contributed by atoms with Crippen LogP contribution in [0, 0.1) is 0 Å². The summed E-state index contributed by atoms with van der Waals surface area (Å²) in [6.07, 6.45) is 4.11. The normalized spacial score (nSPS) is 11.6. The number of urea groups is 1. The summed E-state index contributed by atoms with van der Waals surface area (Å²) in [5.74, 6) is 1.78. The number of rotatable bonds is 21. The molecule has 0 saturated heterocycles. The van der Waals surface area contributed by atoms with Crippen molar-refractivity contribution in [3.63, 3.8) is 0 Å². The second-order valence-corrected chi connectivity index (χ2v) is 16.8. The molecule has 320 valence electrons. The molecule has 3 N–H and O–H groups in total. The minimum absolute atomic E-state index is 0.0230. The van der Waals surface area contributed by atoms with Crippen molar-refractivity contribution >= 4 is 49.7 Å². The van der Waals surface area contributed by atoms with Crippen LogP contribution in [0.15, 0.2) is 85.1 Å².